The molecule has 3 heteroatoms. The van der Waals surface area contributed by atoms with Gasteiger partial charge in [0, 0.05) is 0 Å². The predicted octanol–water partition coefficient (Wildman–Crippen LogP) is 4.52. The zero-order valence-corrected chi connectivity index (χ0v) is 14.5. The molecular formula is C16H34O2Si. The van der Waals surface area contributed by atoms with Crippen LogP contribution in [0.15, 0.2) is 0 Å². The van der Waals surface area contributed by atoms with E-state index in [1.807, 2.05) is 0 Å². The third-order valence-corrected chi connectivity index (χ3v) is 12.1. The fourth-order valence-corrected chi connectivity index (χ4v) is 9.16. The van der Waals surface area contributed by atoms with E-state index in [1.165, 1.54) is 56.7 Å². The molecule has 19 heavy (non-hydrogen) atoms. The Balaban J connectivity index is 2.60. The highest BCUT2D eigenvalue weighted by Crippen LogP contribution is 2.52. The first-order valence-electron chi connectivity index (χ1n) is 8.45. The molecule has 0 aliphatic carbocycles. The van der Waals surface area contributed by atoms with Gasteiger partial charge in [0.1, 0.15) is 6.10 Å². The van der Waals surface area contributed by atoms with E-state index in [9.17, 15) is 5.11 Å². The van der Waals surface area contributed by atoms with Gasteiger partial charge >= 0.3 is 0 Å². The van der Waals surface area contributed by atoms with Crippen molar-refractivity contribution in [1.82, 2.24) is 0 Å². The van der Waals surface area contributed by atoms with Gasteiger partial charge < -0.3 is 9.84 Å². The lowest BCUT2D eigenvalue weighted by molar-refractivity contribution is 0.239. The standard InChI is InChI=1S/C16H34O2Si/c1-5-9-10-11-12-13-16(15(14-17)18-16)19(6-2,7-3)8-4/h15,17H,5-14H2,1-4H3/t15-,16+/m0/s1. The third-order valence-electron chi connectivity index (χ3n) is 5.56. The Morgan fingerprint density at radius 1 is 0.947 bits per heavy atom. The highest BCUT2D eigenvalue weighted by atomic mass is 28.3. The lowest BCUT2D eigenvalue weighted by Gasteiger charge is -2.35. The molecular weight excluding hydrogens is 252 g/mol. The summed E-state index contributed by atoms with van der Waals surface area (Å²) < 4.78 is 6.11. The van der Waals surface area contributed by atoms with Crippen LogP contribution in [0.4, 0.5) is 0 Å². The normalized spacial score (nSPS) is 26.7. The molecule has 0 radical (unpaired) electrons. The zero-order valence-electron chi connectivity index (χ0n) is 13.5. The monoisotopic (exact) mass is 286 g/mol. The SMILES string of the molecule is CCCCCCC[C@]1([Si](CC)(CC)CC)O[C@H]1CO. The molecule has 2 atom stereocenters. The Kier molecular flexibility index (Phi) is 7.05. The van der Waals surface area contributed by atoms with Crippen molar-refractivity contribution in [3.05, 3.63) is 0 Å². The van der Waals surface area contributed by atoms with Crippen LogP contribution in [-0.4, -0.2) is 31.1 Å². The van der Waals surface area contributed by atoms with E-state index < -0.39 is 8.07 Å². The largest absolute Gasteiger partial charge is 0.394 e. The van der Waals surface area contributed by atoms with E-state index in [1.54, 1.807) is 0 Å². The second kappa shape index (κ2) is 7.80. The number of aliphatic hydroxyl groups excluding tert-OH is 1. The van der Waals surface area contributed by atoms with Crippen molar-refractivity contribution in [1.29, 1.82) is 0 Å². The second-order valence-electron chi connectivity index (χ2n) is 6.18. The van der Waals surface area contributed by atoms with E-state index in [-0.39, 0.29) is 17.9 Å². The van der Waals surface area contributed by atoms with Crippen LogP contribution >= 0.6 is 0 Å². The average molecular weight is 287 g/mol. The highest BCUT2D eigenvalue weighted by Gasteiger charge is 2.66. The Morgan fingerprint density at radius 3 is 1.95 bits per heavy atom. The molecule has 0 amide bonds. The average Bonchev–Trinajstić information content (AvgIpc) is 3.16. The fourth-order valence-electron chi connectivity index (χ4n) is 4.00. The van der Waals surface area contributed by atoms with Crippen molar-refractivity contribution in [2.45, 2.75) is 95.7 Å². The Labute approximate surface area is 120 Å². The minimum absolute atomic E-state index is 0.117. The molecule has 1 aliphatic rings. The van der Waals surface area contributed by atoms with Gasteiger partial charge in [-0.05, 0) is 6.42 Å². The van der Waals surface area contributed by atoms with Gasteiger partial charge in [-0.25, -0.2) is 0 Å². The second-order valence-corrected chi connectivity index (χ2v) is 11.7. The number of unbranched alkanes of at least 4 members (excludes halogenated alkanes) is 4. The minimum Gasteiger partial charge on any atom is -0.394 e. The summed E-state index contributed by atoms with van der Waals surface area (Å²) in [5, 5.41) is 9.65. The van der Waals surface area contributed by atoms with Gasteiger partial charge in [0.15, 0.2) is 0 Å². The predicted molar refractivity (Wildman–Crippen MR) is 85.3 cm³/mol. The molecule has 0 unspecified atom stereocenters. The van der Waals surface area contributed by atoms with Gasteiger partial charge in [0.2, 0.25) is 0 Å². The molecule has 0 saturated carbocycles. The molecule has 2 nitrogen and oxygen atoms in total. The maximum Gasteiger partial charge on any atom is 0.107 e. The van der Waals surface area contributed by atoms with Crippen LogP contribution < -0.4 is 0 Å². The van der Waals surface area contributed by atoms with Crippen molar-refractivity contribution in [3.63, 3.8) is 0 Å². The summed E-state index contributed by atoms with van der Waals surface area (Å²) in [5.41, 5.74) is 0. The summed E-state index contributed by atoms with van der Waals surface area (Å²) in [6, 6.07) is 3.89. The summed E-state index contributed by atoms with van der Waals surface area (Å²) in [6.07, 6.45) is 7.99. The number of hydrogen-bond donors (Lipinski definition) is 1. The maximum absolute atomic E-state index is 9.53. The van der Waals surface area contributed by atoms with Crippen molar-refractivity contribution in [2.75, 3.05) is 6.61 Å². The molecule has 1 fully saturated rings. The maximum atomic E-state index is 9.53. The molecule has 114 valence electrons. The van der Waals surface area contributed by atoms with E-state index in [0.29, 0.717) is 0 Å². The van der Waals surface area contributed by atoms with Gasteiger partial charge in [-0.2, -0.15) is 0 Å². The van der Waals surface area contributed by atoms with Crippen LogP contribution in [0.2, 0.25) is 18.1 Å². The summed E-state index contributed by atoms with van der Waals surface area (Å²) in [7, 11) is -1.37. The smallest absolute Gasteiger partial charge is 0.107 e. The van der Waals surface area contributed by atoms with Crippen LogP contribution in [0, 0.1) is 0 Å². The van der Waals surface area contributed by atoms with Crippen LogP contribution in [0.3, 0.4) is 0 Å². The number of ether oxygens (including phenoxy) is 1. The van der Waals surface area contributed by atoms with Crippen LogP contribution in [-0.2, 0) is 4.74 Å². The van der Waals surface area contributed by atoms with Gasteiger partial charge in [-0.3, -0.25) is 0 Å². The molecule has 1 rings (SSSR count). The quantitative estimate of drug-likeness (QED) is 0.344. The van der Waals surface area contributed by atoms with Crippen LogP contribution in [0.1, 0.15) is 66.2 Å². The van der Waals surface area contributed by atoms with E-state index in [2.05, 4.69) is 27.7 Å². The molecule has 0 aromatic heterocycles. The lowest BCUT2D eigenvalue weighted by atomic mass is 10.1. The third kappa shape index (κ3) is 3.42. The van der Waals surface area contributed by atoms with Gasteiger partial charge in [-0.1, -0.05) is 77.9 Å². The number of epoxide rings is 1. The summed E-state index contributed by atoms with van der Waals surface area (Å²) in [5.74, 6) is 0. The molecule has 0 bridgehead atoms. The summed E-state index contributed by atoms with van der Waals surface area (Å²) in [6.45, 7) is 9.51. The fraction of sp³-hybridized carbons (Fsp3) is 1.00. The van der Waals surface area contributed by atoms with Crippen molar-refractivity contribution < 1.29 is 9.84 Å². The van der Waals surface area contributed by atoms with E-state index in [0.717, 1.165) is 0 Å². The minimum atomic E-state index is -1.37. The van der Waals surface area contributed by atoms with Crippen molar-refractivity contribution in [3.8, 4) is 0 Å². The van der Waals surface area contributed by atoms with E-state index in [4.69, 9.17) is 4.74 Å². The first-order valence-corrected chi connectivity index (χ1v) is 11.1. The Morgan fingerprint density at radius 2 is 1.53 bits per heavy atom. The molecule has 1 saturated heterocycles. The van der Waals surface area contributed by atoms with Crippen molar-refractivity contribution in [2.24, 2.45) is 0 Å². The summed E-state index contributed by atoms with van der Waals surface area (Å²) in [4.78, 5) is 0. The van der Waals surface area contributed by atoms with Gasteiger partial charge in [-0.15, -0.1) is 0 Å². The van der Waals surface area contributed by atoms with Gasteiger partial charge in [0.25, 0.3) is 0 Å². The zero-order chi connectivity index (χ0) is 14.4. The van der Waals surface area contributed by atoms with Crippen LogP contribution in [0.25, 0.3) is 0 Å². The first kappa shape index (κ1) is 17.2. The van der Waals surface area contributed by atoms with E-state index >= 15 is 0 Å². The molecule has 1 heterocycles. The summed E-state index contributed by atoms with van der Waals surface area (Å²) >= 11 is 0. The van der Waals surface area contributed by atoms with Gasteiger partial charge in [0.05, 0.1) is 19.9 Å². The molecule has 0 aromatic carbocycles. The number of rotatable bonds is 11. The number of aliphatic hydroxyl groups is 1. The Bertz CT molecular complexity index is 245. The lowest BCUT2D eigenvalue weighted by Crippen LogP contribution is -2.51. The molecule has 1 aliphatic heterocycles. The molecule has 0 spiro atoms. The van der Waals surface area contributed by atoms with Crippen LogP contribution in [0.5, 0.6) is 0 Å². The Hall–Kier alpha value is 0.137. The first-order chi connectivity index (χ1) is 9.16. The molecule has 1 N–H and O–H groups in total. The topological polar surface area (TPSA) is 32.8 Å². The molecule has 0 aromatic rings. The number of hydrogen-bond acceptors (Lipinski definition) is 2. The van der Waals surface area contributed by atoms with Crippen molar-refractivity contribution >= 4 is 8.07 Å². The highest BCUT2D eigenvalue weighted by molar-refractivity contribution is 6.83.